The number of piperidine rings is 1. The number of halogens is 1. The summed E-state index contributed by atoms with van der Waals surface area (Å²) >= 11 is 0. The Morgan fingerprint density at radius 3 is 2.50 bits per heavy atom. The zero-order valence-corrected chi connectivity index (χ0v) is 29.5. The van der Waals surface area contributed by atoms with Crippen LogP contribution in [-0.2, 0) is 28.6 Å². The number of hydrogen-bond donors (Lipinski definition) is 1. The van der Waals surface area contributed by atoms with Crippen molar-refractivity contribution in [3.63, 3.8) is 0 Å². The molecule has 3 saturated carbocycles. The maximum absolute atomic E-state index is 16.8. The molecule has 8 fully saturated rings. The number of Topliss-reactive ketones (excluding diaryl/α,β-unsaturated/α-hetero) is 1. The monoisotopic (exact) mass is 697 g/mol. The van der Waals surface area contributed by atoms with Gasteiger partial charge in [0.2, 0.25) is 5.91 Å². The zero-order valence-electron chi connectivity index (χ0n) is 29.5. The van der Waals surface area contributed by atoms with E-state index in [4.69, 9.17) is 14.2 Å². The van der Waals surface area contributed by atoms with E-state index in [1.165, 1.54) is 38.5 Å². The Hall–Kier alpha value is -2.12. The number of morpholine rings is 2. The highest BCUT2D eigenvalue weighted by Crippen LogP contribution is 2.53. The summed E-state index contributed by atoms with van der Waals surface area (Å²) in [5.74, 6) is -0.0946. The van der Waals surface area contributed by atoms with Crippen molar-refractivity contribution in [1.29, 1.82) is 0 Å². The highest BCUT2D eigenvalue weighted by Gasteiger charge is 2.62. The number of nitrogens with one attached hydrogen (secondary N) is 1. The van der Waals surface area contributed by atoms with Crippen LogP contribution in [0.15, 0.2) is 11.8 Å². The maximum Gasteiger partial charge on any atom is 0.259 e. The third-order valence-corrected chi connectivity index (χ3v) is 14.1. The Morgan fingerprint density at radius 1 is 0.840 bits per heavy atom. The summed E-state index contributed by atoms with van der Waals surface area (Å²) in [6.45, 7) is 6.01. The lowest BCUT2D eigenvalue weighted by molar-refractivity contribution is -0.220. The van der Waals surface area contributed by atoms with Crippen LogP contribution in [0.3, 0.4) is 0 Å². The van der Waals surface area contributed by atoms with Crippen LogP contribution in [0.25, 0.3) is 0 Å². The van der Waals surface area contributed by atoms with E-state index < -0.39 is 24.2 Å². The molecule has 9 rings (SSSR count). The summed E-state index contributed by atoms with van der Waals surface area (Å²) in [6.07, 6.45) is 11.9. The second kappa shape index (κ2) is 14.0. The molecule has 11 unspecified atom stereocenters. The fourth-order valence-corrected chi connectivity index (χ4v) is 11.6. The lowest BCUT2D eigenvalue weighted by Gasteiger charge is -2.61. The first-order valence-corrected chi connectivity index (χ1v) is 20.0. The summed E-state index contributed by atoms with van der Waals surface area (Å²) in [4.78, 5) is 49.7. The molecule has 0 aromatic carbocycles. The molecular weight excluding hydrogens is 641 g/mol. The number of ketones is 1. The van der Waals surface area contributed by atoms with E-state index in [0.29, 0.717) is 63.8 Å². The predicted octanol–water partition coefficient (Wildman–Crippen LogP) is 2.28. The van der Waals surface area contributed by atoms with Gasteiger partial charge in [0, 0.05) is 57.3 Å². The normalized spacial score (nSPS) is 43.4. The molecule has 0 spiro atoms. The molecule has 0 aromatic rings. The Kier molecular flexibility index (Phi) is 9.45. The average molecular weight is 698 g/mol. The Labute approximate surface area is 295 Å². The lowest BCUT2D eigenvalue weighted by atomic mass is 9.67. The number of hydrogen-bond acceptors (Lipinski definition) is 9. The number of amides is 2. The second-order valence-electron chi connectivity index (χ2n) is 16.8. The van der Waals surface area contributed by atoms with Gasteiger partial charge >= 0.3 is 0 Å². The minimum atomic E-state index is -1.27. The first-order valence-electron chi connectivity index (χ1n) is 20.0. The molecular formula is C38H56FN5O6. The number of carbonyl (C=O) groups is 3. The summed E-state index contributed by atoms with van der Waals surface area (Å²) in [7, 11) is 0. The fourth-order valence-electron chi connectivity index (χ4n) is 11.6. The molecule has 12 heteroatoms. The number of fused-ring (bicyclic) bond motifs is 5. The average Bonchev–Trinajstić information content (AvgIpc) is 3.75. The Morgan fingerprint density at radius 2 is 1.66 bits per heavy atom. The minimum absolute atomic E-state index is 0.0249. The van der Waals surface area contributed by atoms with E-state index in [2.05, 4.69) is 20.0 Å². The smallest absolute Gasteiger partial charge is 0.259 e. The molecule has 11 nitrogen and oxygen atoms in total. The van der Waals surface area contributed by atoms with Gasteiger partial charge in [0.05, 0.1) is 61.3 Å². The molecule has 3 aliphatic carbocycles. The van der Waals surface area contributed by atoms with Gasteiger partial charge in [-0.15, -0.1) is 0 Å². The Balaban J connectivity index is 0.960. The van der Waals surface area contributed by atoms with Crippen LogP contribution in [0.2, 0.25) is 0 Å². The summed E-state index contributed by atoms with van der Waals surface area (Å²) in [5, 5.41) is 3.26. The van der Waals surface area contributed by atoms with Crippen LogP contribution in [0, 0.1) is 17.8 Å². The fraction of sp³-hybridized carbons (Fsp3) is 0.868. The summed E-state index contributed by atoms with van der Waals surface area (Å²) in [6, 6.07) is -0.891. The number of likely N-dealkylation sites (tertiary alicyclic amines) is 2. The van der Waals surface area contributed by atoms with Crippen LogP contribution in [-0.4, -0.2) is 151 Å². The molecule has 276 valence electrons. The van der Waals surface area contributed by atoms with Crippen LogP contribution in [0.1, 0.15) is 77.0 Å². The quantitative estimate of drug-likeness (QED) is 0.419. The molecule has 5 saturated heterocycles. The van der Waals surface area contributed by atoms with Gasteiger partial charge in [-0.05, 0) is 76.3 Å². The molecule has 1 N–H and O–H groups in total. The van der Waals surface area contributed by atoms with Crippen LogP contribution in [0.4, 0.5) is 4.39 Å². The second-order valence-corrected chi connectivity index (χ2v) is 16.8. The van der Waals surface area contributed by atoms with Gasteiger partial charge in [-0.3, -0.25) is 19.3 Å². The van der Waals surface area contributed by atoms with E-state index in [0.717, 1.165) is 45.3 Å². The van der Waals surface area contributed by atoms with Gasteiger partial charge in [-0.2, -0.15) is 0 Å². The molecule has 50 heavy (non-hydrogen) atoms. The van der Waals surface area contributed by atoms with Crippen molar-refractivity contribution in [3.8, 4) is 0 Å². The van der Waals surface area contributed by atoms with Crippen molar-refractivity contribution in [2.75, 3.05) is 59.0 Å². The van der Waals surface area contributed by atoms with Crippen LogP contribution >= 0.6 is 0 Å². The largest absolute Gasteiger partial charge is 0.378 e. The number of alkyl halides is 1. The maximum atomic E-state index is 16.8. The molecule has 0 aromatic heterocycles. The van der Waals surface area contributed by atoms with E-state index in [1.807, 2.05) is 6.20 Å². The summed E-state index contributed by atoms with van der Waals surface area (Å²) in [5.41, 5.74) is 0.190. The molecule has 0 radical (unpaired) electrons. The van der Waals surface area contributed by atoms with Gasteiger partial charge < -0.3 is 34.2 Å². The molecule has 6 heterocycles. The zero-order chi connectivity index (χ0) is 33.9. The molecule has 0 bridgehead atoms. The van der Waals surface area contributed by atoms with Crippen molar-refractivity contribution in [3.05, 3.63) is 11.8 Å². The van der Waals surface area contributed by atoms with Crippen molar-refractivity contribution >= 4 is 17.6 Å². The predicted molar refractivity (Wildman–Crippen MR) is 182 cm³/mol. The first-order chi connectivity index (χ1) is 24.4. The molecule has 12 atom stereocenters. The van der Waals surface area contributed by atoms with Crippen molar-refractivity contribution in [2.24, 2.45) is 17.8 Å². The minimum Gasteiger partial charge on any atom is -0.378 e. The topological polar surface area (TPSA) is 104 Å². The van der Waals surface area contributed by atoms with Crippen molar-refractivity contribution < 1.29 is 33.0 Å². The van der Waals surface area contributed by atoms with Crippen molar-refractivity contribution in [1.82, 2.24) is 24.9 Å². The van der Waals surface area contributed by atoms with Gasteiger partial charge in [-0.1, -0.05) is 19.3 Å². The van der Waals surface area contributed by atoms with E-state index in [1.54, 1.807) is 4.90 Å². The Bertz CT molecular complexity index is 1340. The summed E-state index contributed by atoms with van der Waals surface area (Å²) < 4.78 is 36.1. The van der Waals surface area contributed by atoms with E-state index in [9.17, 15) is 14.4 Å². The van der Waals surface area contributed by atoms with E-state index in [-0.39, 0.29) is 59.9 Å². The van der Waals surface area contributed by atoms with Gasteiger partial charge in [0.15, 0.2) is 5.78 Å². The lowest BCUT2D eigenvalue weighted by Crippen LogP contribution is -2.73. The van der Waals surface area contributed by atoms with Gasteiger partial charge in [0.25, 0.3) is 5.91 Å². The molecule has 2 amide bonds. The van der Waals surface area contributed by atoms with Gasteiger partial charge in [0.1, 0.15) is 6.17 Å². The first kappa shape index (κ1) is 33.7. The molecule has 9 aliphatic rings. The van der Waals surface area contributed by atoms with Crippen LogP contribution in [0.5, 0.6) is 0 Å². The SMILES string of the molecule is O=C(CCN1CCCCC1)N[C@@H]1CCN(C2C(F)CC3C(=O)C(C(=O)N4CCOCC4)=CN4C5CC6OC7CCCCC7C6CC5OC2C34)C1. The number of rotatable bonds is 6. The van der Waals surface area contributed by atoms with Gasteiger partial charge in [-0.25, -0.2) is 4.39 Å². The highest BCUT2D eigenvalue weighted by molar-refractivity contribution is 6.20. The third kappa shape index (κ3) is 6.12. The standard InChI is InChI=1S/C38H56FN5O6/c39-28-18-26-34-37(35(28)43-13-8-23(21-43)40-33(45)9-12-41-10-4-1-5-11-41)50-32-19-25-24-6-2-3-7-30(24)49-31(25)20-29(32)44(34)22-27(36(26)46)38(47)42-14-16-48-17-15-42/h22-26,28-32,34-35,37H,1-21H2,(H,40,45)/t23-,24?,25?,26?,28?,29?,30?,31?,32?,34?,35?,37?/m1/s1. The number of nitrogens with zero attached hydrogens (tertiary/aromatic N) is 4. The van der Waals surface area contributed by atoms with E-state index >= 15 is 4.39 Å². The number of carbonyl (C=O) groups excluding carboxylic acids is 3. The third-order valence-electron chi connectivity index (χ3n) is 14.1. The number of ether oxygens (including phenoxy) is 3. The van der Waals surface area contributed by atoms with Crippen LogP contribution < -0.4 is 5.32 Å². The molecule has 6 aliphatic heterocycles. The van der Waals surface area contributed by atoms with Crippen molar-refractivity contribution in [2.45, 2.75) is 132 Å². The highest BCUT2D eigenvalue weighted by atomic mass is 19.1.